The van der Waals surface area contributed by atoms with Crippen molar-refractivity contribution in [3.63, 3.8) is 0 Å². The molecule has 2 aliphatic rings. The Hall–Kier alpha value is -2.28. The molecule has 1 unspecified atom stereocenters. The van der Waals surface area contributed by atoms with Crippen LogP contribution in [0.15, 0.2) is 46.3 Å². The first-order valence-electron chi connectivity index (χ1n) is 7.70. The zero-order chi connectivity index (χ0) is 16.7. The summed E-state index contributed by atoms with van der Waals surface area (Å²) in [5.74, 6) is -0.0714. The molecule has 1 aliphatic carbocycles. The molecule has 0 amide bonds. The van der Waals surface area contributed by atoms with E-state index < -0.39 is 22.6 Å². The van der Waals surface area contributed by atoms with E-state index >= 15 is 0 Å². The molecule has 124 valence electrons. The number of nitrogens with zero attached hydrogens (tertiary/aromatic N) is 1. The van der Waals surface area contributed by atoms with Gasteiger partial charge in [-0.1, -0.05) is 12.1 Å². The number of halogens is 2. The Kier molecular flexibility index (Phi) is 3.80. The minimum Gasteiger partial charge on any atom is -0.324 e. The van der Waals surface area contributed by atoms with E-state index in [1.807, 2.05) is 0 Å². The topological polar surface area (TPSA) is 53.5 Å². The Morgan fingerprint density at radius 1 is 1.17 bits per heavy atom. The molecule has 0 saturated heterocycles. The molecule has 24 heavy (non-hydrogen) atoms. The maximum Gasteiger partial charge on any atom is 0.208 e. The van der Waals surface area contributed by atoms with E-state index in [2.05, 4.69) is 15.0 Å². The van der Waals surface area contributed by atoms with E-state index in [4.69, 9.17) is 0 Å². The first-order chi connectivity index (χ1) is 11.6. The average molecular weight is 347 g/mol. The van der Waals surface area contributed by atoms with E-state index in [9.17, 15) is 13.0 Å². The maximum absolute atomic E-state index is 14.2. The summed E-state index contributed by atoms with van der Waals surface area (Å²) in [7, 11) is -1.50. The van der Waals surface area contributed by atoms with E-state index in [1.165, 1.54) is 0 Å². The van der Waals surface area contributed by atoms with Gasteiger partial charge in [0, 0.05) is 17.7 Å². The van der Waals surface area contributed by atoms with E-state index in [0.29, 0.717) is 34.6 Å². The lowest BCUT2D eigenvalue weighted by Crippen LogP contribution is -2.37. The Balaban J connectivity index is 1.78. The standard InChI is InChI=1S/C17H15F2N3OS/c18-11-6-7-14(19)13(8-11)12-2-1-3-15-16(12)21-17(22-24(15)23)20-9-10-4-5-10/h1-3,6-8,10H,4-5,9H2,(H2,20,21,22). The fraction of sp³-hybridized carbons (Fsp3) is 0.235. The Morgan fingerprint density at radius 2 is 2.00 bits per heavy atom. The highest BCUT2D eigenvalue weighted by molar-refractivity contribution is 7.84. The average Bonchev–Trinajstić information content (AvgIpc) is 3.39. The van der Waals surface area contributed by atoms with Crippen molar-refractivity contribution in [1.29, 1.82) is 0 Å². The predicted molar refractivity (Wildman–Crippen MR) is 90.0 cm³/mol. The number of fused-ring (bicyclic) bond motifs is 1. The summed E-state index contributed by atoms with van der Waals surface area (Å²) < 4.78 is 42.9. The summed E-state index contributed by atoms with van der Waals surface area (Å²) >= 11 is 0. The number of guanidine groups is 1. The summed E-state index contributed by atoms with van der Waals surface area (Å²) in [6, 6.07) is 8.33. The molecule has 1 saturated carbocycles. The van der Waals surface area contributed by atoms with Crippen LogP contribution in [0.3, 0.4) is 0 Å². The second-order valence-corrected chi connectivity index (χ2v) is 7.11. The second-order valence-electron chi connectivity index (χ2n) is 5.93. The van der Waals surface area contributed by atoms with Gasteiger partial charge >= 0.3 is 0 Å². The smallest absolute Gasteiger partial charge is 0.208 e. The molecular weight excluding hydrogens is 332 g/mol. The molecule has 2 aromatic carbocycles. The lowest BCUT2D eigenvalue weighted by molar-refractivity contribution is 0.603. The Labute approximate surface area is 140 Å². The van der Waals surface area contributed by atoms with Gasteiger partial charge in [0.15, 0.2) is 11.0 Å². The van der Waals surface area contributed by atoms with E-state index in [1.54, 1.807) is 18.2 Å². The zero-order valence-corrected chi connectivity index (χ0v) is 13.5. The monoisotopic (exact) mass is 347 g/mol. The van der Waals surface area contributed by atoms with Crippen LogP contribution in [0.25, 0.3) is 11.1 Å². The fourth-order valence-corrected chi connectivity index (χ4v) is 3.57. The lowest BCUT2D eigenvalue weighted by Gasteiger charge is -2.23. The van der Waals surface area contributed by atoms with Crippen molar-refractivity contribution in [2.45, 2.75) is 17.7 Å². The quantitative estimate of drug-likeness (QED) is 0.894. The molecular formula is C17H15F2N3OS. The molecule has 4 rings (SSSR count). The van der Waals surface area contributed by atoms with E-state index in [-0.39, 0.29) is 5.56 Å². The molecule has 2 N–H and O–H groups in total. The van der Waals surface area contributed by atoms with Crippen LogP contribution >= 0.6 is 0 Å². The van der Waals surface area contributed by atoms with Crippen LogP contribution < -0.4 is 10.0 Å². The number of anilines is 1. The van der Waals surface area contributed by atoms with Gasteiger partial charge in [-0.05, 0) is 43.0 Å². The highest BCUT2D eigenvalue weighted by Crippen LogP contribution is 2.36. The van der Waals surface area contributed by atoms with Crippen LogP contribution in [0.2, 0.25) is 0 Å². The zero-order valence-electron chi connectivity index (χ0n) is 12.7. The number of rotatable bonds is 3. The number of hydrogen-bond donors (Lipinski definition) is 2. The lowest BCUT2D eigenvalue weighted by atomic mass is 10.0. The third-order valence-corrected chi connectivity index (χ3v) is 5.20. The predicted octanol–water partition coefficient (Wildman–Crippen LogP) is 3.44. The van der Waals surface area contributed by atoms with Crippen LogP contribution in [0.4, 0.5) is 14.5 Å². The van der Waals surface area contributed by atoms with Crippen LogP contribution in [0.1, 0.15) is 12.8 Å². The molecule has 7 heteroatoms. The van der Waals surface area contributed by atoms with Gasteiger partial charge < -0.3 is 5.32 Å². The minimum atomic E-state index is -1.50. The fourth-order valence-electron chi connectivity index (χ4n) is 2.62. The molecule has 0 aromatic heterocycles. The highest BCUT2D eigenvalue weighted by Gasteiger charge is 2.25. The van der Waals surface area contributed by atoms with Gasteiger partial charge in [-0.25, -0.2) is 13.0 Å². The number of hydrogen-bond acceptors (Lipinski definition) is 2. The van der Waals surface area contributed by atoms with E-state index in [0.717, 1.165) is 31.0 Å². The summed E-state index contributed by atoms with van der Waals surface area (Å²) in [5.41, 5.74) is 1.08. The summed E-state index contributed by atoms with van der Waals surface area (Å²) in [6.07, 6.45) is 2.33. The van der Waals surface area contributed by atoms with Gasteiger partial charge in [0.25, 0.3) is 0 Å². The van der Waals surface area contributed by atoms with Gasteiger partial charge in [0.2, 0.25) is 5.96 Å². The second kappa shape index (κ2) is 5.98. The van der Waals surface area contributed by atoms with Crippen molar-refractivity contribution in [1.82, 2.24) is 4.72 Å². The number of benzene rings is 2. The van der Waals surface area contributed by atoms with Crippen LogP contribution in [-0.2, 0) is 11.0 Å². The largest absolute Gasteiger partial charge is 0.324 e. The molecule has 2 aromatic rings. The van der Waals surface area contributed by atoms with Gasteiger partial charge in [-0.3, -0.25) is 9.71 Å². The van der Waals surface area contributed by atoms with Gasteiger partial charge in [0.05, 0.1) is 10.6 Å². The summed E-state index contributed by atoms with van der Waals surface area (Å²) in [4.78, 5) is 4.89. The van der Waals surface area contributed by atoms with Gasteiger partial charge in [-0.2, -0.15) is 0 Å². The van der Waals surface area contributed by atoms with Gasteiger partial charge in [-0.15, -0.1) is 0 Å². The van der Waals surface area contributed by atoms with Gasteiger partial charge in [0.1, 0.15) is 11.6 Å². The van der Waals surface area contributed by atoms with Crippen molar-refractivity contribution >= 4 is 22.6 Å². The van der Waals surface area contributed by atoms with Crippen molar-refractivity contribution in [2.75, 3.05) is 11.9 Å². The van der Waals surface area contributed by atoms with Crippen molar-refractivity contribution in [3.8, 4) is 11.1 Å². The molecule has 0 bridgehead atoms. The minimum absolute atomic E-state index is 0.125. The molecule has 1 heterocycles. The Morgan fingerprint density at radius 3 is 2.79 bits per heavy atom. The maximum atomic E-state index is 14.2. The molecule has 1 aliphatic heterocycles. The van der Waals surface area contributed by atoms with Crippen molar-refractivity contribution in [2.24, 2.45) is 10.9 Å². The molecule has 1 fully saturated rings. The van der Waals surface area contributed by atoms with Crippen molar-refractivity contribution < 1.29 is 13.0 Å². The first-order valence-corrected chi connectivity index (χ1v) is 8.85. The molecule has 4 nitrogen and oxygen atoms in total. The molecule has 1 atom stereocenters. The third-order valence-electron chi connectivity index (χ3n) is 4.08. The van der Waals surface area contributed by atoms with Crippen LogP contribution in [0, 0.1) is 17.6 Å². The number of nitrogens with one attached hydrogen (secondary N) is 2. The summed E-state index contributed by atoms with van der Waals surface area (Å²) in [5, 5.41) is 3.08. The van der Waals surface area contributed by atoms with Crippen molar-refractivity contribution in [3.05, 3.63) is 48.0 Å². The third kappa shape index (κ3) is 2.91. The van der Waals surface area contributed by atoms with Crippen LogP contribution in [-0.4, -0.2) is 16.7 Å². The Bertz CT molecular complexity index is 865. The molecule has 0 radical (unpaired) electrons. The molecule has 0 spiro atoms. The highest BCUT2D eigenvalue weighted by atomic mass is 32.2. The van der Waals surface area contributed by atoms with Crippen LogP contribution in [0.5, 0.6) is 0 Å². The number of aliphatic imine (C=N–C) groups is 1. The summed E-state index contributed by atoms with van der Waals surface area (Å²) in [6.45, 7) is 0.665. The number of para-hydroxylation sites is 1. The normalized spacial score (nSPS) is 21.1. The SMILES string of the molecule is O=S1NC(=NCC2CC2)Nc2c(-c3cc(F)ccc3F)cccc21. The first kappa shape index (κ1) is 15.3.